The van der Waals surface area contributed by atoms with Crippen LogP contribution in [0.15, 0.2) is 63.3 Å². The topological polar surface area (TPSA) is 0 Å². The SMILES string of the molecule is C=CC.C=CC.C=CC.C=CC.C=CC. The minimum absolute atomic E-state index is 1.75. The second kappa shape index (κ2) is 127. The molecule has 0 aliphatic rings. The van der Waals surface area contributed by atoms with Crippen LogP contribution in [-0.4, -0.2) is 0 Å². The van der Waals surface area contributed by atoms with E-state index in [1.807, 2.05) is 34.6 Å². The molecule has 90 valence electrons. The quantitative estimate of drug-likeness (QED) is 0.433. The van der Waals surface area contributed by atoms with Gasteiger partial charge in [-0.05, 0) is 34.6 Å². The molecule has 0 heterocycles. The molecule has 0 nitrogen and oxygen atoms in total. The highest BCUT2D eigenvalue weighted by Crippen LogP contribution is 1.39. The van der Waals surface area contributed by atoms with E-state index >= 15 is 0 Å². The van der Waals surface area contributed by atoms with Crippen molar-refractivity contribution >= 4 is 0 Å². The van der Waals surface area contributed by atoms with E-state index in [0.717, 1.165) is 0 Å². The molecule has 15 heavy (non-hydrogen) atoms. The molecule has 0 aromatic rings. The maximum Gasteiger partial charge on any atom is -0.0473 e. The molecule has 0 radical (unpaired) electrons. The standard InChI is InChI=1S/5C3H6/c5*1-3-2/h5*3H,1H2,2H3. The fraction of sp³-hybridized carbons (Fsp3) is 0.333. The van der Waals surface area contributed by atoms with Gasteiger partial charge in [0, 0.05) is 0 Å². The minimum Gasteiger partial charge on any atom is -0.103 e. The fourth-order valence-electron chi connectivity index (χ4n) is 0. The van der Waals surface area contributed by atoms with Crippen LogP contribution in [0.3, 0.4) is 0 Å². The van der Waals surface area contributed by atoms with E-state index in [4.69, 9.17) is 0 Å². The highest BCUT2D eigenvalue weighted by Gasteiger charge is 1.16. The summed E-state index contributed by atoms with van der Waals surface area (Å²) in [5.74, 6) is 0. The van der Waals surface area contributed by atoms with E-state index in [1.165, 1.54) is 0 Å². The lowest BCUT2D eigenvalue weighted by atomic mass is 10.8. The van der Waals surface area contributed by atoms with Gasteiger partial charge in [0.1, 0.15) is 0 Å². The summed E-state index contributed by atoms with van der Waals surface area (Å²) in [6.45, 7) is 26.2. The van der Waals surface area contributed by atoms with Crippen LogP contribution in [0.25, 0.3) is 0 Å². The Morgan fingerprint density at radius 2 is 0.400 bits per heavy atom. The van der Waals surface area contributed by atoms with Gasteiger partial charge in [-0.1, -0.05) is 30.4 Å². The zero-order valence-corrected chi connectivity index (χ0v) is 11.4. The third-order valence-corrected chi connectivity index (χ3v) is 0. The summed E-state index contributed by atoms with van der Waals surface area (Å²) in [5, 5.41) is 0. The van der Waals surface area contributed by atoms with Crippen LogP contribution in [0.5, 0.6) is 0 Å². The summed E-state index contributed by atoms with van der Waals surface area (Å²) < 4.78 is 0. The van der Waals surface area contributed by atoms with Gasteiger partial charge in [-0.2, -0.15) is 0 Å². The van der Waals surface area contributed by atoms with Crippen molar-refractivity contribution in [3.63, 3.8) is 0 Å². The lowest BCUT2D eigenvalue weighted by Crippen LogP contribution is -1.07. The van der Waals surface area contributed by atoms with Crippen LogP contribution < -0.4 is 0 Å². The molecule has 0 heteroatoms. The van der Waals surface area contributed by atoms with Crippen LogP contribution in [0, 0.1) is 0 Å². The molecule has 0 bridgehead atoms. The molecule has 0 saturated carbocycles. The van der Waals surface area contributed by atoms with Crippen molar-refractivity contribution in [1.29, 1.82) is 0 Å². The molecule has 0 N–H and O–H groups in total. The average molecular weight is 210 g/mol. The van der Waals surface area contributed by atoms with Crippen molar-refractivity contribution < 1.29 is 0 Å². The Kier molecular flexibility index (Phi) is 247. The van der Waals surface area contributed by atoms with Gasteiger partial charge in [0.15, 0.2) is 0 Å². The first-order valence-electron chi connectivity index (χ1n) is 4.93. The van der Waals surface area contributed by atoms with Gasteiger partial charge in [-0.3, -0.25) is 0 Å². The van der Waals surface area contributed by atoms with Gasteiger partial charge in [0.2, 0.25) is 0 Å². The molecule has 0 unspecified atom stereocenters. The Morgan fingerprint density at radius 1 is 0.400 bits per heavy atom. The molecule has 0 atom stereocenters. The molecule has 0 amide bonds. The molecular formula is C15H30. The van der Waals surface area contributed by atoms with Gasteiger partial charge >= 0.3 is 0 Å². The van der Waals surface area contributed by atoms with E-state index in [2.05, 4.69) is 32.9 Å². The highest BCUT2D eigenvalue weighted by atomic mass is 13.2. The second-order valence-electron chi connectivity index (χ2n) is 2.04. The van der Waals surface area contributed by atoms with Crippen LogP contribution in [0.1, 0.15) is 34.6 Å². The molecule has 0 saturated heterocycles. The van der Waals surface area contributed by atoms with Crippen LogP contribution >= 0.6 is 0 Å². The minimum atomic E-state index is 1.75. The molecule has 0 spiro atoms. The van der Waals surface area contributed by atoms with E-state index in [1.54, 1.807) is 30.4 Å². The molecule has 0 aromatic heterocycles. The Bertz CT molecular complexity index is 72.4. The first-order valence-corrected chi connectivity index (χ1v) is 4.93. The third-order valence-electron chi connectivity index (χ3n) is 0. The monoisotopic (exact) mass is 210 g/mol. The molecular weight excluding hydrogens is 180 g/mol. The Morgan fingerprint density at radius 3 is 0.400 bits per heavy atom. The predicted octanol–water partition coefficient (Wildman–Crippen LogP) is 5.96. The lowest BCUT2D eigenvalue weighted by molar-refractivity contribution is 1.80. The summed E-state index contributed by atoms with van der Waals surface area (Å²) in [6, 6.07) is 0. The Hall–Kier alpha value is -1.30. The van der Waals surface area contributed by atoms with Crippen molar-refractivity contribution in [2.45, 2.75) is 34.6 Å². The van der Waals surface area contributed by atoms with Gasteiger partial charge in [0.25, 0.3) is 0 Å². The van der Waals surface area contributed by atoms with Crippen molar-refractivity contribution in [2.24, 2.45) is 0 Å². The zero-order chi connectivity index (χ0) is 13.5. The van der Waals surface area contributed by atoms with E-state index in [-0.39, 0.29) is 0 Å². The van der Waals surface area contributed by atoms with Crippen molar-refractivity contribution in [2.75, 3.05) is 0 Å². The smallest absolute Gasteiger partial charge is 0.0473 e. The first-order chi connectivity index (χ1) is 7.07. The molecule has 0 aromatic carbocycles. The first kappa shape index (κ1) is 29.2. The summed E-state index contributed by atoms with van der Waals surface area (Å²) in [4.78, 5) is 0. The lowest BCUT2D eigenvalue weighted by Gasteiger charge is -1.31. The van der Waals surface area contributed by atoms with Gasteiger partial charge < -0.3 is 0 Å². The van der Waals surface area contributed by atoms with Crippen molar-refractivity contribution in [3.8, 4) is 0 Å². The normalized spacial score (nSPS) is 4.33. The molecule has 0 aliphatic carbocycles. The zero-order valence-electron chi connectivity index (χ0n) is 11.4. The summed E-state index contributed by atoms with van der Waals surface area (Å²) in [6.07, 6.45) is 8.75. The Labute approximate surface area is 98.4 Å². The van der Waals surface area contributed by atoms with Crippen LogP contribution in [-0.2, 0) is 0 Å². The average Bonchev–Trinajstić information content (AvgIpc) is 2.09. The maximum atomic E-state index is 3.36. The van der Waals surface area contributed by atoms with E-state index in [9.17, 15) is 0 Å². The van der Waals surface area contributed by atoms with Crippen molar-refractivity contribution in [1.82, 2.24) is 0 Å². The number of hydrogen-bond acceptors (Lipinski definition) is 0. The molecule has 0 aliphatic heterocycles. The maximum absolute atomic E-state index is 3.36. The van der Waals surface area contributed by atoms with E-state index in [0.29, 0.717) is 0 Å². The number of hydrogen-bond donors (Lipinski definition) is 0. The highest BCUT2D eigenvalue weighted by molar-refractivity contribution is 4.52. The van der Waals surface area contributed by atoms with Gasteiger partial charge in [-0.25, -0.2) is 0 Å². The van der Waals surface area contributed by atoms with Crippen LogP contribution in [0.2, 0.25) is 0 Å². The van der Waals surface area contributed by atoms with Crippen molar-refractivity contribution in [3.05, 3.63) is 63.3 Å². The molecule has 0 rings (SSSR count). The summed E-state index contributed by atoms with van der Waals surface area (Å²) in [7, 11) is 0. The number of allylic oxidation sites excluding steroid dienone is 5. The summed E-state index contributed by atoms with van der Waals surface area (Å²) >= 11 is 0. The summed E-state index contributed by atoms with van der Waals surface area (Å²) in [5.41, 5.74) is 0. The van der Waals surface area contributed by atoms with E-state index < -0.39 is 0 Å². The second-order valence-corrected chi connectivity index (χ2v) is 2.04. The van der Waals surface area contributed by atoms with Gasteiger partial charge in [0.05, 0.1) is 0 Å². The number of rotatable bonds is 0. The largest absolute Gasteiger partial charge is 0.103 e. The van der Waals surface area contributed by atoms with Crippen LogP contribution in [0.4, 0.5) is 0 Å². The Balaban J connectivity index is -0.0000000278. The predicted molar refractivity (Wildman–Crippen MR) is 79.4 cm³/mol. The fourth-order valence-corrected chi connectivity index (χ4v) is 0. The third kappa shape index (κ3) is 860. The molecule has 0 fully saturated rings. The van der Waals surface area contributed by atoms with Gasteiger partial charge in [-0.15, -0.1) is 32.9 Å².